The smallest absolute Gasteiger partial charge is 0.302 e. The van der Waals surface area contributed by atoms with Gasteiger partial charge in [0, 0.05) is 11.8 Å². The molecule has 0 aliphatic rings. The number of aliphatic hydroxyl groups is 1. The topological polar surface area (TPSA) is 46.5 Å². The number of ether oxygens (including phenoxy) is 1. The van der Waals surface area contributed by atoms with Gasteiger partial charge in [0.25, 0.3) is 0 Å². The van der Waals surface area contributed by atoms with Crippen molar-refractivity contribution >= 4 is 17.3 Å². The van der Waals surface area contributed by atoms with Gasteiger partial charge in [-0.3, -0.25) is 4.79 Å². The highest BCUT2D eigenvalue weighted by Gasteiger charge is 2.19. The number of esters is 1. The van der Waals surface area contributed by atoms with E-state index in [9.17, 15) is 9.90 Å². The number of rotatable bonds is 3. The summed E-state index contributed by atoms with van der Waals surface area (Å²) in [4.78, 5) is 11.4. The molecule has 0 amide bonds. The minimum atomic E-state index is -0.719. The van der Waals surface area contributed by atoms with Gasteiger partial charge >= 0.3 is 5.97 Å². The van der Waals surface area contributed by atoms with Crippen LogP contribution in [0, 0.1) is 0 Å². The van der Waals surface area contributed by atoms with Crippen LogP contribution in [0.15, 0.2) is 17.5 Å². The Morgan fingerprint density at radius 2 is 2.38 bits per heavy atom. The first kappa shape index (κ1) is 10.2. The minimum absolute atomic E-state index is 0.372. The van der Waals surface area contributed by atoms with Gasteiger partial charge in [-0.15, -0.1) is 11.3 Å². The van der Waals surface area contributed by atoms with Crippen LogP contribution in [0.4, 0.5) is 0 Å². The van der Waals surface area contributed by atoms with Gasteiger partial charge in [0.15, 0.2) is 0 Å². The average molecular weight is 200 g/mol. The zero-order chi connectivity index (χ0) is 9.84. The molecular weight excluding hydrogens is 188 g/mol. The Balaban J connectivity index is 2.57. The summed E-state index contributed by atoms with van der Waals surface area (Å²) in [7, 11) is 0. The lowest BCUT2D eigenvalue weighted by atomic mass is 10.2. The van der Waals surface area contributed by atoms with E-state index >= 15 is 0 Å². The van der Waals surface area contributed by atoms with E-state index in [2.05, 4.69) is 0 Å². The molecule has 0 radical (unpaired) electrons. The molecule has 0 spiro atoms. The Morgan fingerprint density at radius 1 is 1.69 bits per heavy atom. The third-order valence-electron chi connectivity index (χ3n) is 1.63. The summed E-state index contributed by atoms with van der Waals surface area (Å²) in [6.45, 7) is 3.00. The molecule has 0 saturated heterocycles. The van der Waals surface area contributed by atoms with Gasteiger partial charge in [-0.05, 0) is 18.4 Å². The summed E-state index contributed by atoms with van der Waals surface area (Å²) in [5.74, 6) is -0.372. The van der Waals surface area contributed by atoms with Gasteiger partial charge in [0.05, 0.1) is 0 Å². The van der Waals surface area contributed by atoms with E-state index in [0.717, 1.165) is 4.88 Å². The molecule has 0 unspecified atom stereocenters. The zero-order valence-corrected chi connectivity index (χ0v) is 8.38. The second-order valence-electron chi connectivity index (χ2n) is 2.77. The van der Waals surface area contributed by atoms with Gasteiger partial charge in [0.1, 0.15) is 12.2 Å². The van der Waals surface area contributed by atoms with Gasteiger partial charge < -0.3 is 9.84 Å². The maximum absolute atomic E-state index is 10.6. The Hall–Kier alpha value is -0.870. The van der Waals surface area contributed by atoms with E-state index in [0.29, 0.717) is 0 Å². The predicted octanol–water partition coefficient (Wildman–Crippen LogP) is 1.73. The van der Waals surface area contributed by atoms with E-state index in [1.165, 1.54) is 18.3 Å². The molecule has 72 valence electrons. The van der Waals surface area contributed by atoms with E-state index in [1.807, 2.05) is 17.5 Å². The Kier molecular flexibility index (Phi) is 3.45. The molecule has 1 N–H and O–H groups in total. The van der Waals surface area contributed by atoms with Crippen LogP contribution in [0.2, 0.25) is 0 Å². The largest absolute Gasteiger partial charge is 0.460 e. The summed E-state index contributed by atoms with van der Waals surface area (Å²) in [5, 5.41) is 11.5. The fourth-order valence-corrected chi connectivity index (χ4v) is 1.82. The van der Waals surface area contributed by atoms with Crippen LogP contribution in [0.3, 0.4) is 0 Å². The van der Waals surface area contributed by atoms with Crippen LogP contribution >= 0.6 is 11.3 Å². The third-order valence-corrected chi connectivity index (χ3v) is 2.57. The van der Waals surface area contributed by atoms with Gasteiger partial charge in [-0.25, -0.2) is 0 Å². The maximum Gasteiger partial charge on any atom is 0.302 e. The molecule has 0 bridgehead atoms. The molecule has 13 heavy (non-hydrogen) atoms. The van der Waals surface area contributed by atoms with Crippen LogP contribution in [-0.4, -0.2) is 17.2 Å². The molecule has 0 aliphatic heterocycles. The number of hydrogen-bond donors (Lipinski definition) is 1. The third kappa shape index (κ3) is 2.82. The van der Waals surface area contributed by atoms with Gasteiger partial charge in [-0.1, -0.05) is 6.07 Å². The summed E-state index contributed by atoms with van der Waals surface area (Å²) in [6, 6.07) is 3.67. The van der Waals surface area contributed by atoms with Crippen molar-refractivity contribution < 1.29 is 14.6 Å². The standard InChI is InChI=1S/C9H12O3S/c1-6(12-7(2)10)9(11)8-4-3-5-13-8/h3-6,9,11H,1-2H3/t6-,9-/m0/s1. The average Bonchev–Trinajstić information content (AvgIpc) is 2.53. The van der Waals surface area contributed by atoms with Crippen LogP contribution in [0.5, 0.6) is 0 Å². The molecule has 3 nitrogen and oxygen atoms in total. The summed E-state index contributed by atoms with van der Waals surface area (Å²) in [5.41, 5.74) is 0. The summed E-state index contributed by atoms with van der Waals surface area (Å²) in [6.07, 6.45) is -1.21. The molecule has 1 rings (SSSR count). The second-order valence-corrected chi connectivity index (χ2v) is 3.75. The number of thiophene rings is 1. The van der Waals surface area contributed by atoms with Crippen molar-refractivity contribution in [1.29, 1.82) is 0 Å². The van der Waals surface area contributed by atoms with Crippen LogP contribution < -0.4 is 0 Å². The van der Waals surface area contributed by atoms with Crippen molar-refractivity contribution in [2.24, 2.45) is 0 Å². The Labute approximate surface area is 81.0 Å². The van der Waals surface area contributed by atoms with Gasteiger partial charge in [0.2, 0.25) is 0 Å². The van der Waals surface area contributed by atoms with Crippen molar-refractivity contribution in [3.8, 4) is 0 Å². The highest BCUT2D eigenvalue weighted by Crippen LogP contribution is 2.23. The fourth-order valence-electron chi connectivity index (χ4n) is 1.02. The highest BCUT2D eigenvalue weighted by molar-refractivity contribution is 7.10. The normalized spacial score (nSPS) is 15.0. The lowest BCUT2D eigenvalue weighted by Gasteiger charge is -2.16. The van der Waals surface area contributed by atoms with Crippen LogP contribution in [-0.2, 0) is 9.53 Å². The maximum atomic E-state index is 10.6. The van der Waals surface area contributed by atoms with Gasteiger partial charge in [-0.2, -0.15) is 0 Å². The first-order valence-corrected chi connectivity index (χ1v) is 4.88. The Bertz CT molecular complexity index is 268. The van der Waals surface area contributed by atoms with Crippen molar-refractivity contribution in [2.75, 3.05) is 0 Å². The van der Waals surface area contributed by atoms with E-state index in [4.69, 9.17) is 4.74 Å². The summed E-state index contributed by atoms with van der Waals surface area (Å²) < 4.78 is 4.85. The lowest BCUT2D eigenvalue weighted by molar-refractivity contribution is -0.151. The molecular formula is C9H12O3S. The van der Waals surface area contributed by atoms with Crippen molar-refractivity contribution in [1.82, 2.24) is 0 Å². The quantitative estimate of drug-likeness (QED) is 0.756. The molecule has 1 aromatic rings. The minimum Gasteiger partial charge on any atom is -0.460 e. The first-order valence-electron chi connectivity index (χ1n) is 4.00. The molecule has 2 atom stereocenters. The number of hydrogen-bond acceptors (Lipinski definition) is 4. The summed E-state index contributed by atoms with van der Waals surface area (Å²) >= 11 is 1.45. The zero-order valence-electron chi connectivity index (χ0n) is 7.56. The molecule has 0 aliphatic carbocycles. The highest BCUT2D eigenvalue weighted by atomic mass is 32.1. The van der Waals surface area contributed by atoms with Crippen molar-refractivity contribution in [2.45, 2.75) is 26.1 Å². The SMILES string of the molecule is CC(=O)O[C@@H](C)[C@H](O)c1cccs1. The lowest BCUT2D eigenvalue weighted by Crippen LogP contribution is -2.20. The molecule has 0 fully saturated rings. The predicted molar refractivity (Wildman–Crippen MR) is 50.5 cm³/mol. The first-order chi connectivity index (χ1) is 6.11. The molecule has 1 heterocycles. The van der Waals surface area contributed by atoms with Crippen LogP contribution in [0.25, 0.3) is 0 Å². The van der Waals surface area contributed by atoms with Crippen molar-refractivity contribution in [3.05, 3.63) is 22.4 Å². The second kappa shape index (κ2) is 4.39. The number of carbonyl (C=O) groups excluding carboxylic acids is 1. The molecule has 0 saturated carbocycles. The van der Waals surface area contributed by atoms with E-state index in [-0.39, 0.29) is 5.97 Å². The van der Waals surface area contributed by atoms with E-state index < -0.39 is 12.2 Å². The molecule has 4 heteroatoms. The monoisotopic (exact) mass is 200 g/mol. The van der Waals surface area contributed by atoms with E-state index in [1.54, 1.807) is 6.92 Å². The molecule has 0 aromatic carbocycles. The molecule has 1 aromatic heterocycles. The van der Waals surface area contributed by atoms with Crippen molar-refractivity contribution in [3.63, 3.8) is 0 Å². The number of carbonyl (C=O) groups is 1. The van der Waals surface area contributed by atoms with Crippen LogP contribution in [0.1, 0.15) is 24.8 Å². The fraction of sp³-hybridized carbons (Fsp3) is 0.444. The Morgan fingerprint density at radius 3 is 2.85 bits per heavy atom. The number of aliphatic hydroxyl groups excluding tert-OH is 1.